The number of Topliss-reactive ketones (excluding diaryl/α,β-unsaturated/α-hetero) is 1. The molecule has 0 unspecified atom stereocenters. The Morgan fingerprint density at radius 2 is 2.14 bits per heavy atom. The highest BCUT2D eigenvalue weighted by Crippen LogP contribution is 2.20. The van der Waals surface area contributed by atoms with Crippen molar-refractivity contribution in [2.24, 2.45) is 0 Å². The van der Waals surface area contributed by atoms with E-state index in [1.54, 1.807) is 11.8 Å². The topological polar surface area (TPSA) is 26.3 Å². The number of carbonyl (C=O) groups excluding carboxylic acids is 1. The molecule has 14 heavy (non-hydrogen) atoms. The molecule has 0 N–H and O–H groups in total. The Bertz CT molecular complexity index is 310. The second-order valence-electron chi connectivity index (χ2n) is 2.76. The largest absolute Gasteiger partial charge is 0.374 e. The van der Waals surface area contributed by atoms with E-state index in [0.717, 1.165) is 10.5 Å². The zero-order valence-electron chi connectivity index (χ0n) is 8.45. The van der Waals surface area contributed by atoms with E-state index in [1.165, 1.54) is 0 Å². The lowest BCUT2D eigenvalue weighted by Gasteiger charge is -2.05. The fourth-order valence-electron chi connectivity index (χ4n) is 1.15. The van der Waals surface area contributed by atoms with Gasteiger partial charge in [-0.15, -0.1) is 11.8 Å². The molecule has 1 aromatic carbocycles. The Hall–Kier alpha value is -0.800. The van der Waals surface area contributed by atoms with Gasteiger partial charge in [0.2, 0.25) is 0 Å². The maximum absolute atomic E-state index is 11.6. The molecule has 1 rings (SSSR count). The Morgan fingerprint density at radius 3 is 2.79 bits per heavy atom. The molecule has 0 heterocycles. The molecule has 0 atom stereocenters. The molecule has 0 fully saturated rings. The zero-order chi connectivity index (χ0) is 10.4. The average Bonchev–Trinajstić information content (AvgIpc) is 2.25. The van der Waals surface area contributed by atoms with Crippen molar-refractivity contribution in [2.75, 3.05) is 19.5 Å². The standard InChI is InChI=1S/C11H14O2S/c1-3-13-8-10(12)9-6-4-5-7-11(9)14-2/h4-7H,3,8H2,1-2H3. The van der Waals surface area contributed by atoms with Gasteiger partial charge in [-0.3, -0.25) is 4.79 Å². The van der Waals surface area contributed by atoms with E-state index in [1.807, 2.05) is 37.4 Å². The van der Waals surface area contributed by atoms with E-state index < -0.39 is 0 Å². The van der Waals surface area contributed by atoms with Gasteiger partial charge in [-0.2, -0.15) is 0 Å². The van der Waals surface area contributed by atoms with Crippen molar-refractivity contribution in [1.82, 2.24) is 0 Å². The molecule has 2 nitrogen and oxygen atoms in total. The number of carbonyl (C=O) groups is 1. The number of rotatable bonds is 5. The summed E-state index contributed by atoms with van der Waals surface area (Å²) in [6.45, 7) is 2.63. The van der Waals surface area contributed by atoms with Crippen LogP contribution in [0.1, 0.15) is 17.3 Å². The fraction of sp³-hybridized carbons (Fsp3) is 0.364. The molecule has 3 heteroatoms. The SMILES string of the molecule is CCOCC(=O)c1ccccc1SC. The fourth-order valence-corrected chi connectivity index (χ4v) is 1.76. The molecule has 0 aliphatic rings. The highest BCUT2D eigenvalue weighted by Gasteiger charge is 2.09. The third-order valence-corrected chi connectivity index (χ3v) is 2.64. The van der Waals surface area contributed by atoms with Crippen LogP contribution in [0, 0.1) is 0 Å². The van der Waals surface area contributed by atoms with Gasteiger partial charge in [-0.1, -0.05) is 18.2 Å². The Morgan fingerprint density at radius 1 is 1.43 bits per heavy atom. The van der Waals surface area contributed by atoms with Gasteiger partial charge >= 0.3 is 0 Å². The van der Waals surface area contributed by atoms with Crippen LogP contribution in [0.15, 0.2) is 29.2 Å². The van der Waals surface area contributed by atoms with Crippen LogP contribution in [0.3, 0.4) is 0 Å². The summed E-state index contributed by atoms with van der Waals surface area (Å²) in [5.41, 5.74) is 0.758. The first-order chi connectivity index (χ1) is 6.79. The quantitative estimate of drug-likeness (QED) is 0.552. The summed E-state index contributed by atoms with van der Waals surface area (Å²) in [6.07, 6.45) is 1.97. The number of ketones is 1. The first kappa shape index (κ1) is 11.3. The molecule has 0 aromatic heterocycles. The molecule has 0 spiro atoms. The Balaban J connectivity index is 2.78. The molecular formula is C11H14O2S. The van der Waals surface area contributed by atoms with E-state index in [-0.39, 0.29) is 12.4 Å². The van der Waals surface area contributed by atoms with Gasteiger partial charge < -0.3 is 4.74 Å². The molecule has 0 radical (unpaired) electrons. The van der Waals surface area contributed by atoms with Crippen molar-refractivity contribution in [3.8, 4) is 0 Å². The van der Waals surface area contributed by atoms with Crippen molar-refractivity contribution >= 4 is 17.5 Å². The molecule has 0 amide bonds. The summed E-state index contributed by atoms with van der Waals surface area (Å²) < 4.78 is 5.09. The molecule has 0 saturated heterocycles. The number of ether oxygens (including phenoxy) is 1. The van der Waals surface area contributed by atoms with E-state index in [2.05, 4.69) is 0 Å². The van der Waals surface area contributed by atoms with E-state index in [9.17, 15) is 4.79 Å². The molecule has 0 aliphatic heterocycles. The van der Waals surface area contributed by atoms with Crippen molar-refractivity contribution in [3.63, 3.8) is 0 Å². The van der Waals surface area contributed by atoms with E-state index >= 15 is 0 Å². The summed E-state index contributed by atoms with van der Waals surface area (Å²) >= 11 is 1.58. The molecule has 1 aromatic rings. The Labute approximate surface area is 88.7 Å². The number of thioether (sulfide) groups is 1. The number of benzene rings is 1. The minimum absolute atomic E-state index is 0.0526. The summed E-state index contributed by atoms with van der Waals surface area (Å²) in [7, 11) is 0. The predicted molar refractivity (Wildman–Crippen MR) is 59.0 cm³/mol. The van der Waals surface area contributed by atoms with Crippen LogP contribution in [0.5, 0.6) is 0 Å². The second-order valence-corrected chi connectivity index (χ2v) is 3.61. The summed E-state index contributed by atoms with van der Waals surface area (Å²) in [6, 6.07) is 7.60. The van der Waals surface area contributed by atoms with Crippen molar-refractivity contribution in [1.29, 1.82) is 0 Å². The van der Waals surface area contributed by atoms with Crippen LogP contribution in [-0.2, 0) is 4.74 Å². The normalized spacial score (nSPS) is 10.1. The van der Waals surface area contributed by atoms with Crippen LogP contribution in [0.4, 0.5) is 0 Å². The van der Waals surface area contributed by atoms with Gasteiger partial charge in [-0.05, 0) is 19.2 Å². The van der Waals surface area contributed by atoms with E-state index in [0.29, 0.717) is 6.61 Å². The van der Waals surface area contributed by atoms with Crippen LogP contribution >= 0.6 is 11.8 Å². The second kappa shape index (κ2) is 5.83. The van der Waals surface area contributed by atoms with Crippen LogP contribution in [-0.4, -0.2) is 25.3 Å². The lowest BCUT2D eigenvalue weighted by Crippen LogP contribution is -2.09. The first-order valence-corrected chi connectivity index (χ1v) is 5.76. The molecular weight excluding hydrogens is 196 g/mol. The molecule has 0 aliphatic carbocycles. The third-order valence-electron chi connectivity index (χ3n) is 1.84. The highest BCUT2D eigenvalue weighted by atomic mass is 32.2. The Kier molecular flexibility index (Phi) is 4.70. The lowest BCUT2D eigenvalue weighted by atomic mass is 10.1. The van der Waals surface area contributed by atoms with Crippen molar-refractivity contribution < 1.29 is 9.53 Å². The minimum atomic E-state index is 0.0526. The zero-order valence-corrected chi connectivity index (χ0v) is 9.26. The maximum Gasteiger partial charge on any atom is 0.189 e. The van der Waals surface area contributed by atoms with Crippen LogP contribution < -0.4 is 0 Å². The van der Waals surface area contributed by atoms with Crippen molar-refractivity contribution in [2.45, 2.75) is 11.8 Å². The monoisotopic (exact) mass is 210 g/mol. The summed E-state index contributed by atoms with van der Waals surface area (Å²) in [5.74, 6) is 0.0526. The lowest BCUT2D eigenvalue weighted by molar-refractivity contribution is 0.0780. The van der Waals surface area contributed by atoms with Crippen molar-refractivity contribution in [3.05, 3.63) is 29.8 Å². The van der Waals surface area contributed by atoms with Gasteiger partial charge in [-0.25, -0.2) is 0 Å². The van der Waals surface area contributed by atoms with Gasteiger partial charge in [0.1, 0.15) is 6.61 Å². The minimum Gasteiger partial charge on any atom is -0.374 e. The smallest absolute Gasteiger partial charge is 0.189 e. The average molecular weight is 210 g/mol. The van der Waals surface area contributed by atoms with Gasteiger partial charge in [0, 0.05) is 17.1 Å². The number of hydrogen-bond acceptors (Lipinski definition) is 3. The third kappa shape index (κ3) is 2.86. The summed E-state index contributed by atoms with van der Waals surface area (Å²) in [5, 5.41) is 0. The summed E-state index contributed by atoms with van der Waals surface area (Å²) in [4.78, 5) is 12.7. The van der Waals surface area contributed by atoms with Gasteiger partial charge in [0.05, 0.1) is 0 Å². The van der Waals surface area contributed by atoms with Crippen LogP contribution in [0.2, 0.25) is 0 Å². The molecule has 76 valence electrons. The number of hydrogen-bond donors (Lipinski definition) is 0. The maximum atomic E-state index is 11.6. The molecule has 0 saturated carbocycles. The van der Waals surface area contributed by atoms with E-state index in [4.69, 9.17) is 4.74 Å². The molecule has 0 bridgehead atoms. The predicted octanol–water partition coefficient (Wildman–Crippen LogP) is 2.63. The van der Waals surface area contributed by atoms with Gasteiger partial charge in [0.15, 0.2) is 5.78 Å². The first-order valence-electron chi connectivity index (χ1n) is 4.53. The highest BCUT2D eigenvalue weighted by molar-refractivity contribution is 7.98. The van der Waals surface area contributed by atoms with Gasteiger partial charge in [0.25, 0.3) is 0 Å². The van der Waals surface area contributed by atoms with Crippen LogP contribution in [0.25, 0.3) is 0 Å².